The van der Waals surface area contributed by atoms with Crippen molar-refractivity contribution < 1.29 is 9.26 Å². The summed E-state index contributed by atoms with van der Waals surface area (Å²) in [5.74, 6) is 1.85. The summed E-state index contributed by atoms with van der Waals surface area (Å²) in [6.45, 7) is 2.30. The molecule has 3 aromatic carbocycles. The molecule has 1 heterocycles. The van der Waals surface area contributed by atoms with Gasteiger partial charge in [0.1, 0.15) is 5.75 Å². The first-order valence-corrected chi connectivity index (χ1v) is 7.80. The van der Waals surface area contributed by atoms with Crippen LogP contribution in [0.4, 0.5) is 0 Å². The maximum Gasteiger partial charge on any atom is 0.258 e. The van der Waals surface area contributed by atoms with E-state index in [0.29, 0.717) is 11.7 Å². The van der Waals surface area contributed by atoms with Crippen molar-refractivity contribution in [1.82, 2.24) is 10.1 Å². The Balaban J connectivity index is 1.54. The van der Waals surface area contributed by atoms with Crippen LogP contribution in [0.3, 0.4) is 0 Å². The van der Waals surface area contributed by atoms with E-state index < -0.39 is 0 Å². The first kappa shape index (κ1) is 14.5. The van der Waals surface area contributed by atoms with Gasteiger partial charge in [-0.25, -0.2) is 0 Å². The Morgan fingerprint density at radius 1 is 0.958 bits per heavy atom. The fourth-order valence-corrected chi connectivity index (χ4v) is 2.67. The topological polar surface area (TPSA) is 48.2 Å². The summed E-state index contributed by atoms with van der Waals surface area (Å²) in [5.41, 5.74) is 2.07. The van der Waals surface area contributed by atoms with Gasteiger partial charge in [-0.2, -0.15) is 4.98 Å². The van der Waals surface area contributed by atoms with E-state index in [1.807, 2.05) is 61.5 Å². The second-order valence-corrected chi connectivity index (χ2v) is 5.65. The van der Waals surface area contributed by atoms with E-state index in [1.165, 1.54) is 0 Å². The third-order valence-corrected chi connectivity index (χ3v) is 3.84. The van der Waals surface area contributed by atoms with E-state index in [0.717, 1.165) is 27.6 Å². The minimum absolute atomic E-state index is 0.267. The highest BCUT2D eigenvalue weighted by atomic mass is 16.5. The number of hydrogen-bond acceptors (Lipinski definition) is 4. The van der Waals surface area contributed by atoms with Crippen molar-refractivity contribution >= 4 is 10.8 Å². The minimum Gasteiger partial charge on any atom is -0.485 e. The molecule has 0 spiro atoms. The van der Waals surface area contributed by atoms with Gasteiger partial charge >= 0.3 is 0 Å². The van der Waals surface area contributed by atoms with Crippen LogP contribution in [-0.4, -0.2) is 10.1 Å². The monoisotopic (exact) mass is 316 g/mol. The number of aryl methyl sites for hydroxylation is 1. The van der Waals surface area contributed by atoms with Gasteiger partial charge in [0.25, 0.3) is 5.89 Å². The summed E-state index contributed by atoms with van der Waals surface area (Å²) < 4.78 is 11.2. The van der Waals surface area contributed by atoms with Crippen LogP contribution in [-0.2, 0) is 6.61 Å². The molecule has 0 atom stereocenters. The average Bonchev–Trinajstić information content (AvgIpc) is 3.09. The maximum absolute atomic E-state index is 5.89. The van der Waals surface area contributed by atoms with Gasteiger partial charge in [-0.05, 0) is 30.5 Å². The van der Waals surface area contributed by atoms with Crippen LogP contribution in [0.15, 0.2) is 71.3 Å². The Labute approximate surface area is 139 Å². The molecule has 24 heavy (non-hydrogen) atoms. The summed E-state index contributed by atoms with van der Waals surface area (Å²) in [6, 6.07) is 22.1. The lowest BCUT2D eigenvalue weighted by Crippen LogP contribution is -1.98. The minimum atomic E-state index is 0.267. The molecule has 0 amide bonds. The molecule has 0 aliphatic heterocycles. The molecule has 4 heteroatoms. The molecule has 4 aromatic rings. The van der Waals surface area contributed by atoms with Gasteiger partial charge in [0.15, 0.2) is 6.61 Å². The summed E-state index contributed by atoms with van der Waals surface area (Å²) >= 11 is 0. The zero-order chi connectivity index (χ0) is 16.4. The summed E-state index contributed by atoms with van der Waals surface area (Å²) in [4.78, 5) is 4.41. The van der Waals surface area contributed by atoms with Crippen LogP contribution < -0.4 is 4.74 Å². The van der Waals surface area contributed by atoms with Crippen LogP contribution in [0, 0.1) is 6.92 Å². The highest BCUT2D eigenvalue weighted by Gasteiger charge is 2.10. The Morgan fingerprint density at radius 3 is 2.71 bits per heavy atom. The molecule has 4 nitrogen and oxygen atoms in total. The zero-order valence-corrected chi connectivity index (χ0v) is 13.3. The number of hydrogen-bond donors (Lipinski definition) is 0. The largest absolute Gasteiger partial charge is 0.485 e. The van der Waals surface area contributed by atoms with E-state index in [2.05, 4.69) is 22.3 Å². The van der Waals surface area contributed by atoms with E-state index in [4.69, 9.17) is 9.26 Å². The quantitative estimate of drug-likeness (QED) is 0.544. The highest BCUT2D eigenvalue weighted by Crippen LogP contribution is 2.26. The van der Waals surface area contributed by atoms with Gasteiger partial charge < -0.3 is 9.26 Å². The molecule has 0 saturated heterocycles. The lowest BCUT2D eigenvalue weighted by Gasteiger charge is -2.07. The first-order valence-electron chi connectivity index (χ1n) is 7.80. The number of ether oxygens (including phenoxy) is 1. The lowest BCUT2D eigenvalue weighted by molar-refractivity contribution is 0.290. The van der Waals surface area contributed by atoms with Gasteiger partial charge in [-0.3, -0.25) is 0 Å². The molecule has 1 aromatic heterocycles. The number of rotatable bonds is 4. The van der Waals surface area contributed by atoms with E-state index in [-0.39, 0.29) is 6.61 Å². The number of aromatic nitrogens is 2. The predicted molar refractivity (Wildman–Crippen MR) is 92.8 cm³/mol. The van der Waals surface area contributed by atoms with Crippen LogP contribution >= 0.6 is 0 Å². The van der Waals surface area contributed by atoms with Crippen LogP contribution in [0.2, 0.25) is 0 Å². The van der Waals surface area contributed by atoms with Crippen LogP contribution in [0.5, 0.6) is 5.75 Å². The molecule has 0 unspecified atom stereocenters. The van der Waals surface area contributed by atoms with Crippen LogP contribution in [0.25, 0.3) is 22.2 Å². The molecule has 118 valence electrons. The second-order valence-electron chi connectivity index (χ2n) is 5.65. The van der Waals surface area contributed by atoms with Gasteiger partial charge in [-0.1, -0.05) is 59.3 Å². The molecular formula is C20H16N2O2. The number of nitrogens with zero attached hydrogens (tertiary/aromatic N) is 2. The van der Waals surface area contributed by atoms with Crippen LogP contribution in [0.1, 0.15) is 11.4 Å². The molecule has 0 bridgehead atoms. The summed E-state index contributed by atoms with van der Waals surface area (Å²) in [7, 11) is 0. The van der Waals surface area contributed by atoms with Crippen molar-refractivity contribution in [2.45, 2.75) is 13.5 Å². The van der Waals surface area contributed by atoms with E-state index >= 15 is 0 Å². The SMILES string of the molecule is Cc1cccc(-c2nc(COc3cccc4ccccc34)no2)c1. The zero-order valence-electron chi connectivity index (χ0n) is 13.3. The predicted octanol–water partition coefficient (Wildman–Crippen LogP) is 4.78. The lowest BCUT2D eigenvalue weighted by atomic mass is 10.1. The molecule has 0 aliphatic rings. The molecule has 0 fully saturated rings. The third-order valence-electron chi connectivity index (χ3n) is 3.84. The Hall–Kier alpha value is -3.14. The first-order chi connectivity index (χ1) is 11.8. The molecule has 4 rings (SSSR count). The van der Waals surface area contributed by atoms with Gasteiger partial charge in [0.05, 0.1) is 0 Å². The Bertz CT molecular complexity index is 986. The Morgan fingerprint density at radius 2 is 1.79 bits per heavy atom. The Kier molecular flexibility index (Phi) is 3.71. The normalized spacial score (nSPS) is 10.9. The van der Waals surface area contributed by atoms with Crippen molar-refractivity contribution in [3.05, 3.63) is 78.1 Å². The van der Waals surface area contributed by atoms with Crippen molar-refractivity contribution in [3.63, 3.8) is 0 Å². The maximum atomic E-state index is 5.89. The fraction of sp³-hybridized carbons (Fsp3) is 0.100. The third kappa shape index (κ3) is 2.86. The highest BCUT2D eigenvalue weighted by molar-refractivity contribution is 5.88. The summed E-state index contributed by atoms with van der Waals surface area (Å²) in [6.07, 6.45) is 0. The smallest absolute Gasteiger partial charge is 0.258 e. The van der Waals surface area contributed by atoms with E-state index in [9.17, 15) is 0 Å². The number of benzene rings is 3. The molecule has 0 saturated carbocycles. The fourth-order valence-electron chi connectivity index (χ4n) is 2.67. The molecular weight excluding hydrogens is 300 g/mol. The second kappa shape index (κ2) is 6.16. The van der Waals surface area contributed by atoms with Crippen molar-refractivity contribution in [2.75, 3.05) is 0 Å². The van der Waals surface area contributed by atoms with Gasteiger partial charge in [-0.15, -0.1) is 0 Å². The number of fused-ring (bicyclic) bond motifs is 1. The average molecular weight is 316 g/mol. The van der Waals surface area contributed by atoms with Gasteiger partial charge in [0, 0.05) is 10.9 Å². The molecule has 0 N–H and O–H groups in total. The van der Waals surface area contributed by atoms with Gasteiger partial charge in [0.2, 0.25) is 5.82 Å². The van der Waals surface area contributed by atoms with Crippen molar-refractivity contribution in [1.29, 1.82) is 0 Å². The molecule has 0 radical (unpaired) electrons. The molecule has 0 aliphatic carbocycles. The standard InChI is InChI=1S/C20H16N2O2/c1-14-6-4-9-16(12-14)20-21-19(22-24-20)13-23-18-11-5-8-15-7-2-3-10-17(15)18/h2-12H,13H2,1H3. The van der Waals surface area contributed by atoms with Crippen molar-refractivity contribution in [2.24, 2.45) is 0 Å². The summed E-state index contributed by atoms with van der Waals surface area (Å²) in [5, 5.41) is 6.22. The van der Waals surface area contributed by atoms with E-state index in [1.54, 1.807) is 0 Å². The van der Waals surface area contributed by atoms with Crippen molar-refractivity contribution in [3.8, 4) is 17.2 Å².